The van der Waals surface area contributed by atoms with Crippen molar-refractivity contribution in [2.24, 2.45) is 0 Å². The van der Waals surface area contributed by atoms with E-state index in [1.54, 1.807) is 0 Å². The van der Waals surface area contributed by atoms with E-state index in [1.165, 1.54) is 12.1 Å². The Morgan fingerprint density at radius 2 is 1.78 bits per heavy atom. The number of rotatable bonds is 3. The molecule has 23 heavy (non-hydrogen) atoms. The maximum absolute atomic E-state index is 12.8. The number of nitrogens with zero attached hydrogens (tertiary/aromatic N) is 2. The summed E-state index contributed by atoms with van der Waals surface area (Å²) in [5.41, 5.74) is -1.30. The van der Waals surface area contributed by atoms with E-state index in [2.05, 4.69) is 4.98 Å². The zero-order valence-electron chi connectivity index (χ0n) is 11.5. The Labute approximate surface area is 140 Å². The van der Waals surface area contributed by atoms with Gasteiger partial charge in [-0.25, -0.2) is 13.4 Å². The lowest BCUT2D eigenvalue weighted by Gasteiger charge is -2.21. The van der Waals surface area contributed by atoms with Gasteiger partial charge in [0.2, 0.25) is 0 Å². The first kappa shape index (κ1) is 17.8. The number of hydrogen-bond acceptors (Lipinski definition) is 3. The molecule has 0 atom stereocenters. The molecule has 0 radical (unpaired) electrons. The van der Waals surface area contributed by atoms with Gasteiger partial charge in [0, 0.05) is 13.2 Å². The van der Waals surface area contributed by atoms with Crippen LogP contribution in [-0.4, -0.2) is 20.4 Å². The Morgan fingerprint density at radius 1 is 1.13 bits per heavy atom. The van der Waals surface area contributed by atoms with Crippen molar-refractivity contribution >= 4 is 38.9 Å². The molecular formula is C13H9Cl2F3N2O2S. The Kier molecular flexibility index (Phi) is 4.79. The molecule has 0 N–H and O–H groups in total. The standard InChI is InChI=1S/C13H9Cl2F3N2O2S/c1-20(23(21,22)9-3-5-12(15)19-7-9)11-6-8(13(16,17)18)2-4-10(11)14/h2-7H,1H3. The summed E-state index contributed by atoms with van der Waals surface area (Å²) >= 11 is 11.4. The number of sulfonamides is 1. The molecular weight excluding hydrogens is 376 g/mol. The largest absolute Gasteiger partial charge is 0.416 e. The number of alkyl halides is 3. The number of aromatic nitrogens is 1. The first-order valence-corrected chi connectivity index (χ1v) is 8.20. The second-order valence-corrected chi connectivity index (χ2v) is 7.22. The van der Waals surface area contributed by atoms with Crippen LogP contribution in [-0.2, 0) is 16.2 Å². The molecule has 2 rings (SSSR count). The Morgan fingerprint density at radius 3 is 2.30 bits per heavy atom. The molecule has 1 heterocycles. The van der Waals surface area contributed by atoms with Crippen molar-refractivity contribution in [3.05, 3.63) is 52.3 Å². The van der Waals surface area contributed by atoms with Crippen LogP contribution in [0, 0.1) is 0 Å². The highest BCUT2D eigenvalue weighted by Gasteiger charge is 2.32. The van der Waals surface area contributed by atoms with Crippen LogP contribution in [0.4, 0.5) is 18.9 Å². The normalized spacial score (nSPS) is 12.3. The first-order chi connectivity index (χ1) is 10.5. The fraction of sp³-hybridized carbons (Fsp3) is 0.154. The van der Waals surface area contributed by atoms with Crippen LogP contribution >= 0.6 is 23.2 Å². The molecule has 1 aromatic heterocycles. The maximum atomic E-state index is 12.8. The van der Waals surface area contributed by atoms with Gasteiger partial charge in [0.25, 0.3) is 10.0 Å². The van der Waals surface area contributed by atoms with Crippen molar-refractivity contribution < 1.29 is 21.6 Å². The highest BCUT2D eigenvalue weighted by atomic mass is 35.5. The van der Waals surface area contributed by atoms with Crippen LogP contribution < -0.4 is 4.31 Å². The van der Waals surface area contributed by atoms with E-state index in [-0.39, 0.29) is 20.8 Å². The van der Waals surface area contributed by atoms with Crippen molar-refractivity contribution in [3.63, 3.8) is 0 Å². The molecule has 0 unspecified atom stereocenters. The maximum Gasteiger partial charge on any atom is 0.416 e. The van der Waals surface area contributed by atoms with Crippen LogP contribution in [0.1, 0.15) is 5.56 Å². The highest BCUT2D eigenvalue weighted by Crippen LogP contribution is 2.36. The molecule has 0 aliphatic heterocycles. The summed E-state index contributed by atoms with van der Waals surface area (Å²) in [5.74, 6) is 0. The molecule has 0 amide bonds. The van der Waals surface area contributed by atoms with Crippen molar-refractivity contribution in [1.82, 2.24) is 4.98 Å². The van der Waals surface area contributed by atoms with Crippen molar-refractivity contribution in [2.45, 2.75) is 11.1 Å². The number of benzene rings is 1. The average molecular weight is 385 g/mol. The van der Waals surface area contributed by atoms with Crippen LogP contribution in [0.2, 0.25) is 10.2 Å². The van der Waals surface area contributed by atoms with Gasteiger partial charge >= 0.3 is 6.18 Å². The summed E-state index contributed by atoms with van der Waals surface area (Å²) in [6, 6.07) is 4.89. The van der Waals surface area contributed by atoms with Gasteiger partial charge in [0.1, 0.15) is 10.0 Å². The number of halogens is 5. The zero-order chi connectivity index (χ0) is 17.4. The van der Waals surface area contributed by atoms with Gasteiger partial charge in [0.05, 0.1) is 16.3 Å². The Bertz CT molecular complexity index is 824. The molecule has 0 bridgehead atoms. The fourth-order valence-electron chi connectivity index (χ4n) is 1.73. The second kappa shape index (κ2) is 6.18. The lowest BCUT2D eigenvalue weighted by Crippen LogP contribution is -2.27. The molecule has 0 saturated heterocycles. The molecule has 0 saturated carbocycles. The third kappa shape index (κ3) is 3.70. The van der Waals surface area contributed by atoms with Gasteiger partial charge in [-0.1, -0.05) is 23.2 Å². The van der Waals surface area contributed by atoms with Gasteiger partial charge in [-0.15, -0.1) is 0 Å². The van der Waals surface area contributed by atoms with E-state index < -0.39 is 21.8 Å². The zero-order valence-corrected chi connectivity index (χ0v) is 13.8. The van der Waals surface area contributed by atoms with Gasteiger partial charge < -0.3 is 0 Å². The predicted octanol–water partition coefficient (Wildman–Crippen LogP) is 4.23. The van der Waals surface area contributed by atoms with E-state index in [0.29, 0.717) is 10.4 Å². The Balaban J connectivity index is 2.51. The summed E-state index contributed by atoms with van der Waals surface area (Å²) in [6.45, 7) is 0. The number of hydrogen-bond donors (Lipinski definition) is 0. The molecule has 0 spiro atoms. The van der Waals surface area contributed by atoms with Crippen molar-refractivity contribution in [1.29, 1.82) is 0 Å². The third-order valence-corrected chi connectivity index (χ3v) is 5.27. The molecule has 10 heteroatoms. The van der Waals surface area contributed by atoms with Gasteiger partial charge in [-0.2, -0.15) is 13.2 Å². The molecule has 2 aromatic rings. The number of pyridine rings is 1. The molecule has 0 aliphatic carbocycles. The minimum Gasteiger partial charge on any atom is -0.268 e. The smallest absolute Gasteiger partial charge is 0.268 e. The molecule has 4 nitrogen and oxygen atoms in total. The van der Waals surface area contributed by atoms with Crippen LogP contribution in [0.15, 0.2) is 41.4 Å². The summed E-state index contributed by atoms with van der Waals surface area (Å²) in [7, 11) is -3.03. The van der Waals surface area contributed by atoms with Gasteiger partial charge in [-0.3, -0.25) is 4.31 Å². The predicted molar refractivity (Wildman–Crippen MR) is 81.3 cm³/mol. The van der Waals surface area contributed by atoms with Gasteiger partial charge in [0.15, 0.2) is 0 Å². The van der Waals surface area contributed by atoms with E-state index in [9.17, 15) is 21.6 Å². The minimum absolute atomic E-state index is 0.0868. The second-order valence-electron chi connectivity index (χ2n) is 4.45. The summed E-state index contributed by atoms with van der Waals surface area (Å²) in [4.78, 5) is 3.42. The monoisotopic (exact) mass is 384 g/mol. The van der Waals surface area contributed by atoms with E-state index in [1.807, 2.05) is 0 Å². The van der Waals surface area contributed by atoms with Crippen LogP contribution in [0.3, 0.4) is 0 Å². The molecule has 124 valence electrons. The topological polar surface area (TPSA) is 50.3 Å². The summed E-state index contributed by atoms with van der Waals surface area (Å²) in [6.07, 6.45) is -3.61. The van der Waals surface area contributed by atoms with E-state index in [0.717, 1.165) is 25.4 Å². The Hall–Kier alpha value is -1.51. The minimum atomic E-state index is -4.62. The highest BCUT2D eigenvalue weighted by molar-refractivity contribution is 7.92. The lowest BCUT2D eigenvalue weighted by molar-refractivity contribution is -0.137. The SMILES string of the molecule is CN(c1cc(C(F)(F)F)ccc1Cl)S(=O)(=O)c1ccc(Cl)nc1. The lowest BCUT2D eigenvalue weighted by atomic mass is 10.2. The third-order valence-electron chi connectivity index (χ3n) is 2.97. The van der Waals surface area contributed by atoms with Crippen LogP contribution in [0.25, 0.3) is 0 Å². The van der Waals surface area contributed by atoms with E-state index >= 15 is 0 Å². The summed E-state index contributed by atoms with van der Waals surface area (Å²) in [5, 5.41) is -0.0466. The van der Waals surface area contributed by atoms with Crippen molar-refractivity contribution in [2.75, 3.05) is 11.4 Å². The quantitative estimate of drug-likeness (QED) is 0.743. The number of anilines is 1. The first-order valence-electron chi connectivity index (χ1n) is 6.00. The molecule has 0 aliphatic rings. The molecule has 1 aromatic carbocycles. The average Bonchev–Trinajstić information content (AvgIpc) is 2.46. The van der Waals surface area contributed by atoms with Crippen molar-refractivity contribution in [3.8, 4) is 0 Å². The fourth-order valence-corrected chi connectivity index (χ4v) is 3.29. The van der Waals surface area contributed by atoms with Gasteiger partial charge in [-0.05, 0) is 30.3 Å². The summed E-state index contributed by atoms with van der Waals surface area (Å²) < 4.78 is 64.0. The molecule has 0 fully saturated rings. The van der Waals surface area contributed by atoms with Crippen LogP contribution in [0.5, 0.6) is 0 Å². The van der Waals surface area contributed by atoms with E-state index in [4.69, 9.17) is 23.2 Å².